The highest BCUT2D eigenvalue weighted by Crippen LogP contribution is 2.29. The van der Waals surface area contributed by atoms with E-state index in [1.807, 2.05) is 18.2 Å². The van der Waals surface area contributed by atoms with Crippen molar-refractivity contribution in [2.45, 2.75) is 6.61 Å². The van der Waals surface area contributed by atoms with Crippen LogP contribution < -0.4 is 15.5 Å². The number of carbonyl (C=O) groups excluding carboxylic acids is 2. The van der Waals surface area contributed by atoms with Crippen LogP contribution in [0.15, 0.2) is 71.8 Å². The number of nitrogens with one attached hydrogen (secondary N) is 2. The van der Waals surface area contributed by atoms with Gasteiger partial charge in [-0.25, -0.2) is 5.43 Å². The van der Waals surface area contributed by atoms with E-state index in [2.05, 4.69) is 15.8 Å². The molecule has 31 heavy (non-hydrogen) atoms. The molecular formula is C22H16Cl3N3O3. The molecule has 0 heterocycles. The minimum absolute atomic E-state index is 0.144. The molecule has 0 fully saturated rings. The van der Waals surface area contributed by atoms with Crippen LogP contribution in [0.3, 0.4) is 0 Å². The summed E-state index contributed by atoms with van der Waals surface area (Å²) < 4.78 is 5.70. The number of halogens is 3. The van der Waals surface area contributed by atoms with Crippen LogP contribution in [-0.4, -0.2) is 18.0 Å². The summed E-state index contributed by atoms with van der Waals surface area (Å²) in [7, 11) is 0. The second-order valence-corrected chi connectivity index (χ2v) is 7.40. The number of benzene rings is 3. The molecule has 9 heteroatoms. The fourth-order valence-corrected chi connectivity index (χ4v) is 2.96. The van der Waals surface area contributed by atoms with E-state index < -0.39 is 11.8 Å². The molecule has 0 aliphatic heterocycles. The molecule has 0 spiro atoms. The van der Waals surface area contributed by atoms with E-state index in [0.717, 1.165) is 5.56 Å². The van der Waals surface area contributed by atoms with Gasteiger partial charge in [-0.1, -0.05) is 59.1 Å². The van der Waals surface area contributed by atoms with Crippen LogP contribution in [0, 0.1) is 0 Å². The van der Waals surface area contributed by atoms with Crippen molar-refractivity contribution in [3.05, 3.63) is 92.9 Å². The topological polar surface area (TPSA) is 79.8 Å². The average molecular weight is 477 g/mol. The normalized spacial score (nSPS) is 10.7. The Balaban J connectivity index is 1.50. The van der Waals surface area contributed by atoms with Gasteiger partial charge in [0.25, 0.3) is 0 Å². The van der Waals surface area contributed by atoms with Crippen molar-refractivity contribution >= 4 is 58.5 Å². The van der Waals surface area contributed by atoms with E-state index in [0.29, 0.717) is 22.9 Å². The highest BCUT2D eigenvalue weighted by molar-refractivity contribution is 6.45. The summed E-state index contributed by atoms with van der Waals surface area (Å²) in [4.78, 5) is 23.8. The largest absolute Gasteiger partial charge is 0.489 e. The highest BCUT2D eigenvalue weighted by Gasteiger charge is 2.15. The van der Waals surface area contributed by atoms with Gasteiger partial charge in [0.05, 0.1) is 21.9 Å². The second kappa shape index (κ2) is 10.8. The molecule has 0 radical (unpaired) electrons. The summed E-state index contributed by atoms with van der Waals surface area (Å²) in [6.45, 7) is 0.342. The summed E-state index contributed by atoms with van der Waals surface area (Å²) in [5, 5.41) is 7.20. The van der Waals surface area contributed by atoms with Crippen molar-refractivity contribution in [1.29, 1.82) is 0 Å². The first-order valence-electron chi connectivity index (χ1n) is 8.98. The van der Waals surface area contributed by atoms with Crippen LogP contribution >= 0.6 is 34.8 Å². The number of amides is 2. The van der Waals surface area contributed by atoms with Crippen LogP contribution in [0.5, 0.6) is 5.75 Å². The first-order chi connectivity index (χ1) is 14.9. The van der Waals surface area contributed by atoms with Crippen molar-refractivity contribution in [2.75, 3.05) is 5.32 Å². The maximum atomic E-state index is 12.0. The monoisotopic (exact) mass is 475 g/mol. The third-order valence-corrected chi connectivity index (χ3v) is 5.21. The van der Waals surface area contributed by atoms with Crippen LogP contribution in [-0.2, 0) is 16.2 Å². The number of anilines is 1. The van der Waals surface area contributed by atoms with Crippen molar-refractivity contribution < 1.29 is 14.3 Å². The van der Waals surface area contributed by atoms with Gasteiger partial charge in [0.2, 0.25) is 0 Å². The molecule has 0 unspecified atom stereocenters. The number of ether oxygens (including phenoxy) is 1. The molecule has 0 aliphatic carbocycles. The Kier molecular flexibility index (Phi) is 7.89. The summed E-state index contributed by atoms with van der Waals surface area (Å²) in [6, 6.07) is 19.2. The highest BCUT2D eigenvalue weighted by atomic mass is 35.5. The molecule has 6 nitrogen and oxygen atoms in total. The zero-order valence-electron chi connectivity index (χ0n) is 15.9. The van der Waals surface area contributed by atoms with Gasteiger partial charge in [0.15, 0.2) is 0 Å². The molecule has 158 valence electrons. The number of rotatable bonds is 6. The Labute approximate surface area is 193 Å². The van der Waals surface area contributed by atoms with Crippen molar-refractivity contribution in [3.63, 3.8) is 0 Å². The van der Waals surface area contributed by atoms with Gasteiger partial charge in [-0.05, 0) is 48.0 Å². The molecule has 3 aromatic rings. The van der Waals surface area contributed by atoms with Crippen molar-refractivity contribution in [3.8, 4) is 5.75 Å². The molecule has 0 saturated carbocycles. The Morgan fingerprint density at radius 3 is 2.32 bits per heavy atom. The van der Waals surface area contributed by atoms with E-state index in [-0.39, 0.29) is 15.7 Å². The molecule has 2 N–H and O–H groups in total. The Hall–Kier alpha value is -3.06. The van der Waals surface area contributed by atoms with Crippen LogP contribution in [0.1, 0.15) is 11.1 Å². The zero-order valence-corrected chi connectivity index (χ0v) is 18.2. The quantitative estimate of drug-likeness (QED) is 0.287. The molecular weight excluding hydrogens is 461 g/mol. The number of hydrogen-bond donors (Lipinski definition) is 2. The number of nitrogens with zero attached hydrogens (tertiary/aromatic N) is 1. The molecule has 0 saturated heterocycles. The minimum atomic E-state index is -0.952. The molecule has 0 bridgehead atoms. The van der Waals surface area contributed by atoms with Gasteiger partial charge in [-0.15, -0.1) is 0 Å². The minimum Gasteiger partial charge on any atom is -0.489 e. The summed E-state index contributed by atoms with van der Waals surface area (Å²) in [6.07, 6.45) is 1.40. The molecule has 0 aromatic heterocycles. The van der Waals surface area contributed by atoms with E-state index in [4.69, 9.17) is 39.5 Å². The second-order valence-electron chi connectivity index (χ2n) is 6.20. The fourth-order valence-electron chi connectivity index (χ4n) is 2.42. The number of hydrogen-bond acceptors (Lipinski definition) is 4. The third kappa shape index (κ3) is 6.46. The lowest BCUT2D eigenvalue weighted by molar-refractivity contribution is -0.136. The van der Waals surface area contributed by atoms with Gasteiger partial charge < -0.3 is 10.1 Å². The summed E-state index contributed by atoms with van der Waals surface area (Å²) in [5.74, 6) is -1.23. The molecule has 3 aromatic carbocycles. The first-order valence-corrected chi connectivity index (χ1v) is 10.1. The SMILES string of the molecule is O=C(N/N=C/c1ccc(OCc2ccccc2Cl)cc1)C(=O)Nc1cccc(Cl)c1Cl. The fraction of sp³-hybridized carbons (Fsp3) is 0.0455. The van der Waals surface area contributed by atoms with Gasteiger partial charge in [-0.3, -0.25) is 9.59 Å². The molecule has 0 atom stereocenters. The Morgan fingerprint density at radius 1 is 0.871 bits per heavy atom. The average Bonchev–Trinajstić information content (AvgIpc) is 2.77. The summed E-state index contributed by atoms with van der Waals surface area (Å²) >= 11 is 18.0. The van der Waals surface area contributed by atoms with Crippen molar-refractivity contribution in [2.24, 2.45) is 5.10 Å². The van der Waals surface area contributed by atoms with Crippen LogP contribution in [0.2, 0.25) is 15.1 Å². The van der Waals surface area contributed by atoms with Gasteiger partial charge in [-0.2, -0.15) is 5.10 Å². The maximum absolute atomic E-state index is 12.0. The van der Waals surface area contributed by atoms with E-state index in [1.54, 1.807) is 42.5 Å². The smallest absolute Gasteiger partial charge is 0.329 e. The predicted octanol–water partition coefficient (Wildman–Crippen LogP) is 5.31. The predicted molar refractivity (Wildman–Crippen MR) is 123 cm³/mol. The lowest BCUT2D eigenvalue weighted by atomic mass is 10.2. The van der Waals surface area contributed by atoms with E-state index in [1.165, 1.54) is 12.3 Å². The Bertz CT molecular complexity index is 1120. The standard InChI is InChI=1S/C22H16Cl3N3O3/c23-17-5-2-1-4-15(17)13-31-16-10-8-14(9-11-16)12-26-28-22(30)21(29)27-19-7-3-6-18(24)20(19)25/h1-12H,13H2,(H,27,29)(H,28,30)/b26-12+. The zero-order chi connectivity index (χ0) is 22.2. The van der Waals surface area contributed by atoms with Gasteiger partial charge in [0.1, 0.15) is 12.4 Å². The van der Waals surface area contributed by atoms with Gasteiger partial charge in [0, 0.05) is 10.6 Å². The lowest BCUT2D eigenvalue weighted by Crippen LogP contribution is -2.32. The lowest BCUT2D eigenvalue weighted by Gasteiger charge is -2.08. The molecule has 2 amide bonds. The Morgan fingerprint density at radius 2 is 1.58 bits per heavy atom. The number of hydrazone groups is 1. The van der Waals surface area contributed by atoms with Gasteiger partial charge >= 0.3 is 11.8 Å². The third-order valence-electron chi connectivity index (χ3n) is 4.02. The summed E-state index contributed by atoms with van der Waals surface area (Å²) in [5.41, 5.74) is 3.96. The molecule has 3 rings (SSSR count). The number of carbonyl (C=O) groups is 2. The van der Waals surface area contributed by atoms with Crippen LogP contribution in [0.25, 0.3) is 0 Å². The molecule has 0 aliphatic rings. The maximum Gasteiger partial charge on any atom is 0.329 e. The van der Waals surface area contributed by atoms with Crippen LogP contribution in [0.4, 0.5) is 5.69 Å². The van der Waals surface area contributed by atoms with E-state index >= 15 is 0 Å². The van der Waals surface area contributed by atoms with Crippen molar-refractivity contribution in [1.82, 2.24) is 5.43 Å². The first kappa shape index (κ1) is 22.6. The van der Waals surface area contributed by atoms with E-state index in [9.17, 15) is 9.59 Å².